The van der Waals surface area contributed by atoms with Gasteiger partial charge in [-0.25, -0.2) is 0 Å². The Balaban J connectivity index is 2.24. The van der Waals surface area contributed by atoms with Crippen LogP contribution in [0.25, 0.3) is 16.7 Å². The number of fused-ring (bicyclic) bond motifs is 1. The van der Waals surface area contributed by atoms with Crippen LogP contribution in [0, 0.1) is 0 Å². The molecule has 1 aliphatic heterocycles. The van der Waals surface area contributed by atoms with Crippen LogP contribution < -0.4 is 0 Å². The smallest absolute Gasteiger partial charge is 0.134 e. The minimum Gasteiger partial charge on any atom is -0.464 e. The summed E-state index contributed by atoms with van der Waals surface area (Å²) in [5, 5.41) is 1.10. The van der Waals surface area contributed by atoms with Crippen molar-refractivity contribution in [1.29, 1.82) is 0 Å². The third kappa shape index (κ3) is 1.65. The first kappa shape index (κ1) is 10.5. The lowest BCUT2D eigenvalue weighted by Gasteiger charge is -2.22. The molecule has 3 heteroatoms. The Bertz CT molecular complexity index is 624. The van der Waals surface area contributed by atoms with Crippen LogP contribution in [-0.2, 0) is 0 Å². The number of nitrogens with zero attached hydrogens (tertiary/aromatic N) is 1. The van der Waals surface area contributed by atoms with Crippen LogP contribution in [-0.4, -0.2) is 11.0 Å². The van der Waals surface area contributed by atoms with Crippen LogP contribution in [0.15, 0.2) is 52.7 Å². The van der Waals surface area contributed by atoms with Crippen molar-refractivity contribution in [2.24, 2.45) is 0 Å². The molecule has 2 aromatic rings. The monoisotopic (exact) mass is 245 g/mol. The number of allylic oxidation sites excluding steroid dienone is 2. The Kier molecular flexibility index (Phi) is 2.45. The second-order valence-corrected chi connectivity index (χ2v) is 4.53. The molecule has 0 atom stereocenters. The van der Waals surface area contributed by atoms with Crippen molar-refractivity contribution in [2.45, 2.75) is 6.92 Å². The molecule has 3 rings (SSSR count). The van der Waals surface area contributed by atoms with Gasteiger partial charge in [-0.1, -0.05) is 30.4 Å². The lowest BCUT2D eigenvalue weighted by Crippen LogP contribution is -2.14. The van der Waals surface area contributed by atoms with Crippen LogP contribution in [0.4, 0.5) is 0 Å². The molecule has 0 spiro atoms. The molecule has 0 amide bonds. The quantitative estimate of drug-likeness (QED) is 0.701. The number of para-hydroxylation sites is 1. The number of furan rings is 1. The van der Waals surface area contributed by atoms with Gasteiger partial charge in [0.2, 0.25) is 0 Å². The van der Waals surface area contributed by atoms with E-state index in [-0.39, 0.29) is 0 Å². The first-order valence-corrected chi connectivity index (χ1v) is 5.88. The predicted molar refractivity (Wildman–Crippen MR) is 70.5 cm³/mol. The first-order chi connectivity index (χ1) is 8.27. The van der Waals surface area contributed by atoms with Gasteiger partial charge in [0, 0.05) is 22.7 Å². The van der Waals surface area contributed by atoms with Crippen molar-refractivity contribution < 1.29 is 4.42 Å². The molecular formula is C14H12ClNO. The fraction of sp³-hybridized carbons (Fsp3) is 0.143. The molecule has 1 aromatic heterocycles. The molecule has 0 unspecified atom stereocenters. The van der Waals surface area contributed by atoms with Gasteiger partial charge in [-0.05, 0) is 18.6 Å². The topological polar surface area (TPSA) is 16.4 Å². The molecule has 0 saturated carbocycles. The van der Waals surface area contributed by atoms with Crippen molar-refractivity contribution in [3.8, 4) is 0 Å². The largest absolute Gasteiger partial charge is 0.464 e. The van der Waals surface area contributed by atoms with E-state index < -0.39 is 0 Å². The van der Waals surface area contributed by atoms with E-state index in [9.17, 15) is 0 Å². The molecular weight excluding hydrogens is 234 g/mol. The van der Waals surface area contributed by atoms with E-state index in [1.807, 2.05) is 24.3 Å². The number of hydrogen-bond donors (Lipinski definition) is 0. The first-order valence-electron chi connectivity index (χ1n) is 5.54. The zero-order chi connectivity index (χ0) is 11.8. The van der Waals surface area contributed by atoms with Crippen molar-refractivity contribution in [3.05, 3.63) is 53.8 Å². The summed E-state index contributed by atoms with van der Waals surface area (Å²) < 4.78 is 7.28. The number of rotatable bonds is 1. The third-order valence-corrected chi connectivity index (χ3v) is 3.29. The third-order valence-electron chi connectivity index (χ3n) is 2.99. The molecule has 0 fully saturated rings. The van der Waals surface area contributed by atoms with Gasteiger partial charge in [0.05, 0.1) is 12.2 Å². The number of hydrogen-bond acceptors (Lipinski definition) is 2. The van der Waals surface area contributed by atoms with Crippen LogP contribution in [0.5, 0.6) is 0 Å². The molecule has 2 heterocycles. The summed E-state index contributed by atoms with van der Waals surface area (Å²) in [6.45, 7) is 2.77. The van der Waals surface area contributed by atoms with Gasteiger partial charge >= 0.3 is 0 Å². The van der Waals surface area contributed by atoms with E-state index in [4.69, 9.17) is 16.2 Å². The molecule has 0 radical (unpaired) electrons. The van der Waals surface area contributed by atoms with E-state index in [0.717, 1.165) is 27.8 Å². The van der Waals surface area contributed by atoms with E-state index in [1.165, 1.54) is 0 Å². The van der Waals surface area contributed by atoms with Gasteiger partial charge in [-0.3, -0.25) is 4.42 Å². The fourth-order valence-corrected chi connectivity index (χ4v) is 2.49. The Morgan fingerprint density at radius 2 is 2.12 bits per heavy atom. The Morgan fingerprint density at radius 3 is 2.94 bits per heavy atom. The van der Waals surface area contributed by atoms with E-state index in [0.29, 0.717) is 6.54 Å². The lowest BCUT2D eigenvalue weighted by molar-refractivity contribution is 0.610. The minimum absolute atomic E-state index is 0.716. The summed E-state index contributed by atoms with van der Waals surface area (Å²) >= 11 is 6.25. The maximum atomic E-state index is 6.25. The van der Waals surface area contributed by atoms with Gasteiger partial charge in [-0.2, -0.15) is 0 Å². The van der Waals surface area contributed by atoms with Crippen molar-refractivity contribution in [1.82, 2.24) is 4.42 Å². The molecule has 2 nitrogen and oxygen atoms in total. The van der Waals surface area contributed by atoms with E-state index in [1.54, 1.807) is 10.7 Å². The van der Waals surface area contributed by atoms with E-state index in [2.05, 4.69) is 19.1 Å². The number of benzene rings is 1. The van der Waals surface area contributed by atoms with Gasteiger partial charge < -0.3 is 4.42 Å². The second kappa shape index (κ2) is 3.97. The van der Waals surface area contributed by atoms with Gasteiger partial charge in [-0.15, -0.1) is 0 Å². The highest BCUT2D eigenvalue weighted by molar-refractivity contribution is 6.18. The zero-order valence-corrected chi connectivity index (χ0v) is 10.2. The summed E-state index contributed by atoms with van der Waals surface area (Å²) in [4.78, 5) is 0. The zero-order valence-electron chi connectivity index (χ0n) is 9.48. The summed E-state index contributed by atoms with van der Waals surface area (Å²) in [7, 11) is 0. The van der Waals surface area contributed by atoms with Crippen LogP contribution >= 0.6 is 11.8 Å². The maximum absolute atomic E-state index is 6.25. The van der Waals surface area contributed by atoms with E-state index >= 15 is 0 Å². The van der Waals surface area contributed by atoms with Crippen LogP contribution in [0.3, 0.4) is 0 Å². The minimum atomic E-state index is 0.716. The molecule has 86 valence electrons. The van der Waals surface area contributed by atoms with Gasteiger partial charge in [0.25, 0.3) is 0 Å². The molecule has 0 N–H and O–H groups in total. The van der Waals surface area contributed by atoms with Crippen molar-refractivity contribution in [2.75, 3.05) is 6.54 Å². The van der Waals surface area contributed by atoms with Gasteiger partial charge in [0.1, 0.15) is 11.8 Å². The fourth-order valence-electron chi connectivity index (χ4n) is 2.19. The average molecular weight is 246 g/mol. The summed E-state index contributed by atoms with van der Waals surface area (Å²) in [6, 6.07) is 7.99. The second-order valence-electron chi connectivity index (χ2n) is 4.12. The van der Waals surface area contributed by atoms with Gasteiger partial charge in [0.15, 0.2) is 0 Å². The normalized spacial score (nSPS) is 16.0. The summed E-state index contributed by atoms with van der Waals surface area (Å²) in [5.74, 6) is 0. The molecule has 1 aromatic carbocycles. The standard InChI is InChI=1S/C14H12ClNO/c1-10-5-4-8-16(15)14(10)12-9-17-13-7-3-2-6-11(12)13/h2-7,9H,8H2,1H3. The van der Waals surface area contributed by atoms with Crippen LogP contribution in [0.1, 0.15) is 12.5 Å². The molecule has 0 aliphatic carbocycles. The Labute approximate surface area is 105 Å². The molecule has 17 heavy (non-hydrogen) atoms. The highest BCUT2D eigenvalue weighted by Crippen LogP contribution is 2.34. The highest BCUT2D eigenvalue weighted by atomic mass is 35.5. The van der Waals surface area contributed by atoms with Crippen molar-refractivity contribution >= 4 is 28.4 Å². The summed E-state index contributed by atoms with van der Waals surface area (Å²) in [5.41, 5.74) is 4.12. The predicted octanol–water partition coefficient (Wildman–Crippen LogP) is 4.19. The Hall–Kier alpha value is -1.67. The molecule has 0 saturated heterocycles. The SMILES string of the molecule is CC1=C(c2coc3ccccc23)N(Cl)CC=C1. The van der Waals surface area contributed by atoms with Crippen molar-refractivity contribution in [3.63, 3.8) is 0 Å². The van der Waals surface area contributed by atoms with Crippen LogP contribution in [0.2, 0.25) is 0 Å². The molecule has 0 bridgehead atoms. The molecule has 1 aliphatic rings. The number of halogens is 1. The summed E-state index contributed by atoms with van der Waals surface area (Å²) in [6.07, 6.45) is 5.92. The Morgan fingerprint density at radius 1 is 1.29 bits per heavy atom. The lowest BCUT2D eigenvalue weighted by atomic mass is 10.0. The maximum Gasteiger partial charge on any atom is 0.134 e. The highest BCUT2D eigenvalue weighted by Gasteiger charge is 2.18. The average Bonchev–Trinajstić information content (AvgIpc) is 2.73.